The van der Waals surface area contributed by atoms with Crippen LogP contribution in [0.5, 0.6) is 0 Å². The summed E-state index contributed by atoms with van der Waals surface area (Å²) in [5.41, 5.74) is 5.67. The van der Waals surface area contributed by atoms with Gasteiger partial charge in [0.15, 0.2) is 0 Å². The average molecular weight is 393 g/mol. The van der Waals surface area contributed by atoms with Gasteiger partial charge in [0.25, 0.3) is 5.91 Å². The lowest BCUT2D eigenvalue weighted by atomic mass is 9.93. The Morgan fingerprint density at radius 1 is 1.15 bits per heavy atom. The van der Waals surface area contributed by atoms with Crippen LogP contribution in [0.2, 0.25) is 0 Å². The van der Waals surface area contributed by atoms with Crippen molar-refractivity contribution in [2.75, 3.05) is 13.1 Å². The standard InChI is InChI=1S/C18H23F3N2O2.ClH/c19-18(20,21)13-6-4-12(5-7-13)15-3-1-2-10-23(15)17(24)16-9-8-14(11-22)25-16;/h4-7,14-16H,1-3,8-11,22H2;1H/t14-,15?,16+;/m1./s1. The van der Waals surface area contributed by atoms with Crippen molar-refractivity contribution in [1.82, 2.24) is 4.90 Å². The van der Waals surface area contributed by atoms with E-state index in [2.05, 4.69) is 0 Å². The van der Waals surface area contributed by atoms with Crippen molar-refractivity contribution in [3.8, 4) is 0 Å². The Labute approximate surface area is 157 Å². The molecule has 1 aromatic rings. The summed E-state index contributed by atoms with van der Waals surface area (Å²) < 4.78 is 44.0. The fraction of sp³-hybridized carbons (Fsp3) is 0.611. The Kier molecular flexibility index (Phi) is 6.93. The third-order valence-corrected chi connectivity index (χ3v) is 5.05. The molecule has 146 valence electrons. The van der Waals surface area contributed by atoms with Crippen LogP contribution in [0.4, 0.5) is 13.2 Å². The number of nitrogens with zero attached hydrogens (tertiary/aromatic N) is 1. The Hall–Kier alpha value is -1.31. The second-order valence-electron chi connectivity index (χ2n) is 6.72. The van der Waals surface area contributed by atoms with E-state index >= 15 is 0 Å². The Morgan fingerprint density at radius 2 is 1.85 bits per heavy atom. The molecule has 4 nitrogen and oxygen atoms in total. The summed E-state index contributed by atoms with van der Waals surface area (Å²) in [6.45, 7) is 1.00. The summed E-state index contributed by atoms with van der Waals surface area (Å²) in [6.07, 6.45) is -0.892. The zero-order valence-corrected chi connectivity index (χ0v) is 15.2. The van der Waals surface area contributed by atoms with E-state index < -0.39 is 17.8 Å². The van der Waals surface area contributed by atoms with Gasteiger partial charge in [-0.2, -0.15) is 13.2 Å². The first-order valence-corrected chi connectivity index (χ1v) is 8.73. The lowest BCUT2D eigenvalue weighted by Gasteiger charge is -2.37. The van der Waals surface area contributed by atoms with Gasteiger partial charge >= 0.3 is 6.18 Å². The number of likely N-dealkylation sites (tertiary alicyclic amines) is 1. The van der Waals surface area contributed by atoms with Crippen LogP contribution in [0.25, 0.3) is 0 Å². The highest BCUT2D eigenvalue weighted by molar-refractivity contribution is 5.85. The number of rotatable bonds is 3. The van der Waals surface area contributed by atoms with E-state index in [0.29, 0.717) is 19.5 Å². The van der Waals surface area contributed by atoms with Gasteiger partial charge in [-0.3, -0.25) is 4.79 Å². The molecule has 0 aromatic heterocycles. The summed E-state index contributed by atoms with van der Waals surface area (Å²) in [7, 11) is 0. The van der Waals surface area contributed by atoms with Crippen LogP contribution in [0.15, 0.2) is 24.3 Å². The summed E-state index contributed by atoms with van der Waals surface area (Å²) in [4.78, 5) is 14.6. The monoisotopic (exact) mass is 392 g/mol. The number of carbonyl (C=O) groups excluding carboxylic acids is 1. The molecule has 0 spiro atoms. The molecule has 3 rings (SSSR count). The zero-order chi connectivity index (χ0) is 18.0. The summed E-state index contributed by atoms with van der Waals surface area (Å²) in [5.74, 6) is -0.0689. The van der Waals surface area contributed by atoms with Crippen LogP contribution in [0.3, 0.4) is 0 Å². The zero-order valence-electron chi connectivity index (χ0n) is 14.4. The number of ether oxygens (including phenoxy) is 1. The summed E-state index contributed by atoms with van der Waals surface area (Å²) >= 11 is 0. The molecular weight excluding hydrogens is 369 g/mol. The first-order chi connectivity index (χ1) is 11.9. The van der Waals surface area contributed by atoms with Gasteiger partial charge in [-0.05, 0) is 49.8 Å². The first kappa shape index (κ1) is 21.0. The topological polar surface area (TPSA) is 55.6 Å². The van der Waals surface area contributed by atoms with Crippen LogP contribution in [-0.4, -0.2) is 36.1 Å². The average Bonchev–Trinajstić information content (AvgIpc) is 3.10. The van der Waals surface area contributed by atoms with Gasteiger partial charge in [0.05, 0.1) is 17.7 Å². The largest absolute Gasteiger partial charge is 0.416 e. The molecule has 0 radical (unpaired) electrons. The van der Waals surface area contributed by atoms with Gasteiger partial charge in [-0.1, -0.05) is 12.1 Å². The fourth-order valence-electron chi connectivity index (χ4n) is 3.68. The van der Waals surface area contributed by atoms with E-state index in [1.54, 1.807) is 4.90 Å². The fourth-order valence-corrected chi connectivity index (χ4v) is 3.68. The van der Waals surface area contributed by atoms with E-state index in [-0.39, 0.29) is 30.5 Å². The number of nitrogens with two attached hydrogens (primary N) is 1. The van der Waals surface area contributed by atoms with E-state index in [0.717, 1.165) is 43.4 Å². The molecular formula is C18H24ClF3N2O2. The second-order valence-corrected chi connectivity index (χ2v) is 6.72. The van der Waals surface area contributed by atoms with Crippen LogP contribution in [0.1, 0.15) is 49.3 Å². The maximum Gasteiger partial charge on any atom is 0.416 e. The minimum absolute atomic E-state index is 0. The third kappa shape index (κ3) is 4.50. The van der Waals surface area contributed by atoms with E-state index in [9.17, 15) is 18.0 Å². The Balaban J connectivity index is 0.00000243. The molecule has 1 aromatic carbocycles. The van der Waals surface area contributed by atoms with Crippen molar-refractivity contribution in [1.29, 1.82) is 0 Å². The molecule has 1 amide bonds. The van der Waals surface area contributed by atoms with Crippen molar-refractivity contribution in [3.63, 3.8) is 0 Å². The van der Waals surface area contributed by atoms with Crippen molar-refractivity contribution in [3.05, 3.63) is 35.4 Å². The smallest absolute Gasteiger partial charge is 0.364 e. The highest BCUT2D eigenvalue weighted by Crippen LogP contribution is 2.35. The molecule has 26 heavy (non-hydrogen) atoms. The van der Waals surface area contributed by atoms with Gasteiger partial charge < -0.3 is 15.4 Å². The quantitative estimate of drug-likeness (QED) is 0.853. The number of carbonyl (C=O) groups is 1. The van der Waals surface area contributed by atoms with E-state index in [1.165, 1.54) is 12.1 Å². The molecule has 2 heterocycles. The molecule has 2 fully saturated rings. The molecule has 0 bridgehead atoms. The maximum atomic E-state index is 12.9. The number of benzene rings is 1. The normalized spacial score (nSPS) is 26.5. The van der Waals surface area contributed by atoms with E-state index in [1.807, 2.05) is 0 Å². The lowest BCUT2D eigenvalue weighted by molar-refractivity contribution is -0.146. The third-order valence-electron chi connectivity index (χ3n) is 5.05. The Bertz CT molecular complexity index is 609. The lowest BCUT2D eigenvalue weighted by Crippen LogP contribution is -2.44. The van der Waals surface area contributed by atoms with Gasteiger partial charge in [0.2, 0.25) is 0 Å². The number of alkyl halides is 3. The van der Waals surface area contributed by atoms with Crippen molar-refractivity contribution in [2.45, 2.75) is 56.5 Å². The van der Waals surface area contributed by atoms with Gasteiger partial charge in [0, 0.05) is 13.1 Å². The molecule has 2 saturated heterocycles. The molecule has 0 aliphatic carbocycles. The van der Waals surface area contributed by atoms with Crippen LogP contribution in [0, 0.1) is 0 Å². The number of halogens is 4. The van der Waals surface area contributed by atoms with Crippen LogP contribution >= 0.6 is 12.4 Å². The summed E-state index contributed by atoms with van der Waals surface area (Å²) in [6, 6.07) is 4.95. The molecule has 8 heteroatoms. The van der Waals surface area contributed by atoms with Gasteiger partial charge in [-0.25, -0.2) is 0 Å². The van der Waals surface area contributed by atoms with Crippen molar-refractivity contribution in [2.24, 2.45) is 5.73 Å². The number of piperidine rings is 1. The predicted octanol–water partition coefficient (Wildman–Crippen LogP) is 3.69. The summed E-state index contributed by atoms with van der Waals surface area (Å²) in [5, 5.41) is 0. The minimum Gasteiger partial charge on any atom is -0.364 e. The molecule has 2 aliphatic heterocycles. The van der Waals surface area contributed by atoms with Crippen molar-refractivity contribution < 1.29 is 22.7 Å². The molecule has 1 unspecified atom stereocenters. The maximum absolute atomic E-state index is 12.9. The molecule has 3 atom stereocenters. The SMILES string of the molecule is Cl.NC[C@H]1CC[C@@H](C(=O)N2CCCCC2c2ccc(C(F)(F)F)cc2)O1. The Morgan fingerprint density at radius 3 is 2.42 bits per heavy atom. The molecule has 0 saturated carbocycles. The first-order valence-electron chi connectivity index (χ1n) is 8.73. The second kappa shape index (κ2) is 8.59. The molecule has 2 N–H and O–H groups in total. The van der Waals surface area contributed by atoms with Crippen LogP contribution < -0.4 is 5.73 Å². The van der Waals surface area contributed by atoms with E-state index in [4.69, 9.17) is 10.5 Å². The number of amides is 1. The number of hydrogen-bond donors (Lipinski definition) is 1. The van der Waals surface area contributed by atoms with Crippen molar-refractivity contribution >= 4 is 18.3 Å². The highest BCUT2D eigenvalue weighted by atomic mass is 35.5. The number of hydrogen-bond acceptors (Lipinski definition) is 3. The van der Waals surface area contributed by atoms with Gasteiger partial charge in [0.1, 0.15) is 6.10 Å². The van der Waals surface area contributed by atoms with Crippen LogP contribution in [-0.2, 0) is 15.7 Å². The predicted molar refractivity (Wildman–Crippen MR) is 93.9 cm³/mol. The minimum atomic E-state index is -4.35. The highest BCUT2D eigenvalue weighted by Gasteiger charge is 2.37. The molecule has 2 aliphatic rings. The van der Waals surface area contributed by atoms with Gasteiger partial charge in [-0.15, -0.1) is 12.4 Å².